The molecule has 1 aliphatic carbocycles. The van der Waals surface area contributed by atoms with Crippen LogP contribution in [0.25, 0.3) is 0 Å². The largest absolute Gasteiger partial charge is 0.352 e. The molecule has 1 saturated heterocycles. The first-order chi connectivity index (χ1) is 10.3. The van der Waals surface area contributed by atoms with Crippen molar-refractivity contribution >= 4 is 23.8 Å². The minimum Gasteiger partial charge on any atom is -0.352 e. The van der Waals surface area contributed by atoms with Gasteiger partial charge in [0.1, 0.15) is 6.54 Å². The van der Waals surface area contributed by atoms with Gasteiger partial charge in [0.25, 0.3) is 0 Å². The molecule has 0 spiro atoms. The number of nitrogens with one attached hydrogen (secondary N) is 1. The smallest absolute Gasteiger partial charge is 0.334 e. The minimum atomic E-state index is -0.925. The van der Waals surface area contributed by atoms with Crippen LogP contribution in [-0.4, -0.2) is 52.2 Å². The Kier molecular flexibility index (Phi) is 4.83. The van der Waals surface area contributed by atoms with Gasteiger partial charge in [0, 0.05) is 12.1 Å². The van der Waals surface area contributed by atoms with Gasteiger partial charge in [-0.15, -0.1) is 0 Å². The maximum atomic E-state index is 12.1. The van der Waals surface area contributed by atoms with Crippen LogP contribution in [0.3, 0.4) is 0 Å². The van der Waals surface area contributed by atoms with Gasteiger partial charge in [-0.3, -0.25) is 19.3 Å². The van der Waals surface area contributed by atoms with Crippen LogP contribution in [0.5, 0.6) is 0 Å². The summed E-state index contributed by atoms with van der Waals surface area (Å²) in [6, 6.07) is -1.04. The molecule has 0 aromatic carbocycles. The molecule has 5 amide bonds. The first-order valence-electron chi connectivity index (χ1n) is 7.81. The normalized spacial score (nSPS) is 26.1. The van der Waals surface area contributed by atoms with Gasteiger partial charge in [-0.2, -0.15) is 0 Å². The van der Waals surface area contributed by atoms with E-state index >= 15 is 0 Å². The van der Waals surface area contributed by atoms with E-state index in [1.807, 2.05) is 0 Å². The van der Waals surface area contributed by atoms with Crippen molar-refractivity contribution in [2.45, 2.75) is 58.5 Å². The summed E-state index contributed by atoms with van der Waals surface area (Å²) in [7, 11) is 0. The van der Waals surface area contributed by atoms with E-state index in [0.29, 0.717) is 5.92 Å². The SMILES string of the molecule is CC(C)N1C(=O)C(=O)N(CC(=O)N[C@H]2CCCC[C@@H]2C)C1=O. The number of carbonyl (C=O) groups excluding carboxylic acids is 4. The lowest BCUT2D eigenvalue weighted by Crippen LogP contribution is -2.47. The minimum absolute atomic E-state index is 0.0750. The summed E-state index contributed by atoms with van der Waals surface area (Å²) < 4.78 is 0. The first-order valence-corrected chi connectivity index (χ1v) is 7.81. The van der Waals surface area contributed by atoms with E-state index in [0.717, 1.165) is 35.5 Å². The highest BCUT2D eigenvalue weighted by molar-refractivity contribution is 6.45. The molecular weight excluding hydrogens is 286 g/mol. The highest BCUT2D eigenvalue weighted by Crippen LogP contribution is 2.23. The van der Waals surface area contributed by atoms with E-state index in [-0.39, 0.29) is 11.9 Å². The summed E-state index contributed by atoms with van der Waals surface area (Å²) in [5, 5.41) is 2.88. The van der Waals surface area contributed by atoms with Gasteiger partial charge in [-0.1, -0.05) is 19.8 Å². The molecule has 1 heterocycles. The van der Waals surface area contributed by atoms with E-state index in [4.69, 9.17) is 0 Å². The molecule has 0 radical (unpaired) electrons. The number of hydrogen-bond acceptors (Lipinski definition) is 4. The molecule has 7 heteroatoms. The van der Waals surface area contributed by atoms with Crippen molar-refractivity contribution in [3.63, 3.8) is 0 Å². The molecule has 122 valence electrons. The molecule has 1 aliphatic heterocycles. The summed E-state index contributed by atoms with van der Waals surface area (Å²) in [6.45, 7) is 4.99. The van der Waals surface area contributed by atoms with Crippen LogP contribution in [0, 0.1) is 5.92 Å². The van der Waals surface area contributed by atoms with Gasteiger partial charge in [-0.05, 0) is 32.6 Å². The van der Waals surface area contributed by atoms with Crippen LogP contribution in [0.15, 0.2) is 0 Å². The van der Waals surface area contributed by atoms with Crippen molar-refractivity contribution in [1.29, 1.82) is 0 Å². The standard InChI is InChI=1S/C15H23N3O4/c1-9(2)18-14(21)13(20)17(15(18)22)8-12(19)16-11-7-5-4-6-10(11)3/h9-11H,4-8H2,1-3H3,(H,16,19)/t10-,11-/m0/s1. The molecule has 2 rings (SSSR count). The third-order valence-electron chi connectivity index (χ3n) is 4.36. The summed E-state index contributed by atoms with van der Waals surface area (Å²) >= 11 is 0. The van der Waals surface area contributed by atoms with Crippen LogP contribution in [0.2, 0.25) is 0 Å². The molecule has 2 fully saturated rings. The Bertz CT molecular complexity index is 503. The fraction of sp³-hybridized carbons (Fsp3) is 0.733. The molecule has 1 saturated carbocycles. The van der Waals surface area contributed by atoms with Crippen LogP contribution < -0.4 is 5.32 Å². The van der Waals surface area contributed by atoms with E-state index in [1.54, 1.807) is 13.8 Å². The molecule has 0 aromatic heterocycles. The van der Waals surface area contributed by atoms with Crippen molar-refractivity contribution in [2.75, 3.05) is 6.54 Å². The predicted molar refractivity (Wildman–Crippen MR) is 78.7 cm³/mol. The lowest BCUT2D eigenvalue weighted by atomic mass is 9.86. The Labute approximate surface area is 130 Å². The maximum absolute atomic E-state index is 12.1. The summed E-state index contributed by atoms with van der Waals surface area (Å²) in [6.07, 6.45) is 4.20. The van der Waals surface area contributed by atoms with Gasteiger partial charge in [0.15, 0.2) is 0 Å². The van der Waals surface area contributed by atoms with E-state index in [1.165, 1.54) is 0 Å². The zero-order valence-electron chi connectivity index (χ0n) is 13.3. The van der Waals surface area contributed by atoms with E-state index in [9.17, 15) is 19.2 Å². The molecular formula is C15H23N3O4. The zero-order valence-corrected chi connectivity index (χ0v) is 13.3. The fourth-order valence-corrected chi connectivity index (χ4v) is 3.04. The number of amides is 5. The monoisotopic (exact) mass is 309 g/mol. The molecule has 2 atom stereocenters. The Morgan fingerprint density at radius 2 is 1.82 bits per heavy atom. The van der Waals surface area contributed by atoms with Crippen LogP contribution in [-0.2, 0) is 14.4 Å². The Morgan fingerprint density at radius 1 is 1.18 bits per heavy atom. The average Bonchev–Trinajstić information content (AvgIpc) is 2.65. The van der Waals surface area contributed by atoms with Crippen LogP contribution in [0.4, 0.5) is 4.79 Å². The number of imide groups is 2. The number of rotatable bonds is 4. The van der Waals surface area contributed by atoms with Crippen LogP contribution in [0.1, 0.15) is 46.5 Å². The van der Waals surface area contributed by atoms with Crippen molar-refractivity contribution in [3.05, 3.63) is 0 Å². The Balaban J connectivity index is 1.98. The maximum Gasteiger partial charge on any atom is 0.334 e. The molecule has 1 N–H and O–H groups in total. The van der Waals surface area contributed by atoms with Crippen LogP contribution >= 0.6 is 0 Å². The number of carbonyl (C=O) groups is 4. The third kappa shape index (κ3) is 3.13. The van der Waals surface area contributed by atoms with E-state index < -0.39 is 30.4 Å². The second-order valence-electron chi connectivity index (χ2n) is 6.38. The second kappa shape index (κ2) is 6.46. The lowest BCUT2D eigenvalue weighted by molar-refractivity contribution is -0.144. The molecule has 2 aliphatic rings. The Morgan fingerprint density at radius 3 is 2.36 bits per heavy atom. The summed E-state index contributed by atoms with van der Waals surface area (Å²) in [4.78, 5) is 49.4. The zero-order chi connectivity index (χ0) is 16.4. The van der Waals surface area contributed by atoms with Gasteiger partial charge in [0.2, 0.25) is 5.91 Å². The third-order valence-corrected chi connectivity index (χ3v) is 4.36. The van der Waals surface area contributed by atoms with Crippen molar-refractivity contribution in [3.8, 4) is 0 Å². The number of hydrogen-bond donors (Lipinski definition) is 1. The van der Waals surface area contributed by atoms with Crippen molar-refractivity contribution < 1.29 is 19.2 Å². The van der Waals surface area contributed by atoms with Gasteiger partial charge in [0.05, 0.1) is 0 Å². The Hall–Kier alpha value is -1.92. The molecule has 0 aromatic rings. The highest BCUT2D eigenvalue weighted by atomic mass is 16.2. The fourth-order valence-electron chi connectivity index (χ4n) is 3.04. The van der Waals surface area contributed by atoms with E-state index in [2.05, 4.69) is 12.2 Å². The quantitative estimate of drug-likeness (QED) is 0.617. The number of nitrogens with zero attached hydrogens (tertiary/aromatic N) is 2. The topological polar surface area (TPSA) is 86.8 Å². The summed E-state index contributed by atoms with van der Waals surface area (Å²) in [5.74, 6) is -1.79. The molecule has 0 unspecified atom stereocenters. The first kappa shape index (κ1) is 16.5. The number of urea groups is 1. The van der Waals surface area contributed by atoms with Crippen molar-refractivity contribution in [2.24, 2.45) is 5.92 Å². The van der Waals surface area contributed by atoms with Gasteiger partial charge in [-0.25, -0.2) is 9.69 Å². The highest BCUT2D eigenvalue weighted by Gasteiger charge is 2.46. The average molecular weight is 309 g/mol. The van der Waals surface area contributed by atoms with Gasteiger partial charge < -0.3 is 5.32 Å². The summed E-state index contributed by atoms with van der Waals surface area (Å²) in [5.41, 5.74) is 0. The molecule has 7 nitrogen and oxygen atoms in total. The van der Waals surface area contributed by atoms with Gasteiger partial charge >= 0.3 is 17.8 Å². The molecule has 22 heavy (non-hydrogen) atoms. The lowest BCUT2D eigenvalue weighted by Gasteiger charge is -2.29. The van der Waals surface area contributed by atoms with Crippen molar-refractivity contribution in [1.82, 2.24) is 15.1 Å². The molecule has 0 bridgehead atoms. The predicted octanol–water partition coefficient (Wildman–Crippen LogP) is 0.880. The second-order valence-corrected chi connectivity index (χ2v) is 6.38.